The summed E-state index contributed by atoms with van der Waals surface area (Å²) in [5.41, 5.74) is 6.79. The Balaban J connectivity index is 1.79. The zero-order valence-electron chi connectivity index (χ0n) is 22.8. The molecule has 198 valence electrons. The van der Waals surface area contributed by atoms with E-state index in [1.54, 1.807) is 12.1 Å². The number of aryl methyl sites for hydroxylation is 3. The molecule has 0 bridgehead atoms. The quantitative estimate of drug-likeness (QED) is 0.201. The molecule has 0 aliphatic heterocycles. The number of aromatic carboxylic acids is 1. The minimum Gasteiger partial charge on any atom is -0.478 e. The van der Waals surface area contributed by atoms with Crippen LogP contribution in [0.5, 0.6) is 0 Å². The summed E-state index contributed by atoms with van der Waals surface area (Å²) in [4.78, 5) is 30.0. The Labute approximate surface area is 225 Å². The van der Waals surface area contributed by atoms with Gasteiger partial charge in [0, 0.05) is 24.1 Å². The van der Waals surface area contributed by atoms with Crippen LogP contribution in [-0.4, -0.2) is 20.6 Å². The van der Waals surface area contributed by atoms with E-state index in [1.807, 2.05) is 30.3 Å². The van der Waals surface area contributed by atoms with E-state index in [2.05, 4.69) is 43.5 Å². The molecule has 0 radical (unpaired) electrons. The molecular weight excluding hydrogens is 472 g/mol. The van der Waals surface area contributed by atoms with Crippen molar-refractivity contribution in [2.75, 3.05) is 0 Å². The van der Waals surface area contributed by atoms with Crippen LogP contribution >= 0.6 is 0 Å². The highest BCUT2D eigenvalue weighted by atomic mass is 16.4. The summed E-state index contributed by atoms with van der Waals surface area (Å²) >= 11 is 0. The number of aromatic nitrogens is 2. The van der Waals surface area contributed by atoms with Gasteiger partial charge in [-0.3, -0.25) is 4.79 Å². The van der Waals surface area contributed by atoms with Crippen LogP contribution in [0.1, 0.15) is 85.7 Å². The normalized spacial score (nSPS) is 11.2. The lowest BCUT2D eigenvalue weighted by atomic mass is 9.99. The lowest BCUT2D eigenvalue weighted by Crippen LogP contribution is -2.11. The first-order chi connectivity index (χ1) is 18.5. The molecule has 0 saturated carbocycles. The molecule has 1 N–H and O–H groups in total. The fraction of sp³-hybridized carbons (Fsp3) is 0.364. The van der Waals surface area contributed by atoms with Crippen LogP contribution in [-0.2, 0) is 25.8 Å². The Morgan fingerprint density at radius 2 is 1.53 bits per heavy atom. The SMILES string of the molecule is CCCCCc1nc2cc(CCC)c(=O)c(CCC)cc2n1Cc1ccc(-c2ccccc2C(=O)O)cc1. The van der Waals surface area contributed by atoms with Crippen LogP contribution in [0.2, 0.25) is 0 Å². The highest BCUT2D eigenvalue weighted by Crippen LogP contribution is 2.26. The summed E-state index contributed by atoms with van der Waals surface area (Å²) in [7, 11) is 0. The Morgan fingerprint density at radius 3 is 2.18 bits per heavy atom. The molecule has 0 unspecified atom stereocenters. The number of hydrogen-bond donors (Lipinski definition) is 1. The average Bonchev–Trinajstić information content (AvgIpc) is 3.16. The van der Waals surface area contributed by atoms with Crippen molar-refractivity contribution in [1.82, 2.24) is 9.55 Å². The van der Waals surface area contributed by atoms with Gasteiger partial charge in [-0.2, -0.15) is 0 Å². The number of unbranched alkanes of at least 4 members (excludes halogenated alkanes) is 2. The summed E-state index contributed by atoms with van der Waals surface area (Å²) in [6, 6.07) is 19.3. The minimum absolute atomic E-state index is 0.159. The Kier molecular flexibility index (Phi) is 9.11. The maximum atomic E-state index is 13.3. The third kappa shape index (κ3) is 6.04. The number of fused-ring (bicyclic) bond motifs is 1. The molecule has 1 aromatic heterocycles. The number of benzene rings is 2. The van der Waals surface area contributed by atoms with Gasteiger partial charge < -0.3 is 9.67 Å². The molecule has 38 heavy (non-hydrogen) atoms. The van der Waals surface area contributed by atoms with Crippen LogP contribution in [0.25, 0.3) is 22.2 Å². The van der Waals surface area contributed by atoms with Gasteiger partial charge in [0.2, 0.25) is 0 Å². The largest absolute Gasteiger partial charge is 0.478 e. The Hall–Kier alpha value is -3.73. The van der Waals surface area contributed by atoms with Crippen LogP contribution in [0.3, 0.4) is 0 Å². The van der Waals surface area contributed by atoms with Crippen LogP contribution < -0.4 is 5.43 Å². The van der Waals surface area contributed by atoms with Gasteiger partial charge in [-0.15, -0.1) is 0 Å². The molecule has 5 nitrogen and oxygen atoms in total. The number of hydrogen-bond acceptors (Lipinski definition) is 3. The topological polar surface area (TPSA) is 72.2 Å². The standard InChI is InChI=1S/C33H38N2O3/c1-4-7-8-15-31-34-29-20-25(11-5-2)32(36)26(12-6-3)21-30(29)35(31)22-23-16-18-24(19-17-23)27-13-9-10-14-28(27)33(37)38/h9-10,13-14,16-21H,4-8,11-12,15,22H2,1-3H3,(H,37,38). The van der Waals surface area contributed by atoms with E-state index < -0.39 is 5.97 Å². The van der Waals surface area contributed by atoms with Gasteiger partial charge in [0.25, 0.3) is 0 Å². The van der Waals surface area contributed by atoms with Gasteiger partial charge in [0.15, 0.2) is 5.43 Å². The van der Waals surface area contributed by atoms with Crippen LogP contribution in [0.4, 0.5) is 0 Å². The predicted octanol–water partition coefficient (Wildman–Crippen LogP) is 7.45. The first-order valence-corrected chi connectivity index (χ1v) is 13.9. The predicted molar refractivity (Wildman–Crippen MR) is 155 cm³/mol. The third-order valence-corrected chi connectivity index (χ3v) is 7.13. The van der Waals surface area contributed by atoms with E-state index in [0.29, 0.717) is 17.7 Å². The van der Waals surface area contributed by atoms with Gasteiger partial charge in [-0.05, 0) is 54.2 Å². The smallest absolute Gasteiger partial charge is 0.336 e. The van der Waals surface area contributed by atoms with E-state index in [0.717, 1.165) is 90.5 Å². The molecule has 4 aromatic rings. The maximum Gasteiger partial charge on any atom is 0.336 e. The second kappa shape index (κ2) is 12.7. The van der Waals surface area contributed by atoms with Gasteiger partial charge in [-0.25, -0.2) is 9.78 Å². The molecule has 0 amide bonds. The molecule has 0 aliphatic rings. The summed E-state index contributed by atoms with van der Waals surface area (Å²) in [5, 5.41) is 9.59. The van der Waals surface area contributed by atoms with Crippen molar-refractivity contribution in [3.63, 3.8) is 0 Å². The maximum absolute atomic E-state index is 13.3. The number of carbonyl (C=O) groups is 1. The van der Waals surface area contributed by atoms with E-state index >= 15 is 0 Å². The first-order valence-electron chi connectivity index (χ1n) is 13.9. The van der Waals surface area contributed by atoms with Gasteiger partial charge >= 0.3 is 5.97 Å². The van der Waals surface area contributed by atoms with Gasteiger partial charge in [0.1, 0.15) is 5.82 Å². The zero-order chi connectivity index (χ0) is 27.1. The molecule has 0 spiro atoms. The highest BCUT2D eigenvalue weighted by Gasteiger charge is 2.15. The second-order valence-corrected chi connectivity index (χ2v) is 10.1. The van der Waals surface area contributed by atoms with Crippen molar-refractivity contribution in [1.29, 1.82) is 0 Å². The van der Waals surface area contributed by atoms with Crippen LogP contribution in [0, 0.1) is 0 Å². The minimum atomic E-state index is -0.928. The van der Waals surface area contributed by atoms with E-state index in [1.165, 1.54) is 0 Å². The molecule has 0 saturated heterocycles. The van der Waals surface area contributed by atoms with Crippen molar-refractivity contribution in [3.8, 4) is 11.1 Å². The molecular formula is C33H38N2O3. The number of rotatable bonds is 12. The van der Waals surface area contributed by atoms with Crippen molar-refractivity contribution in [2.24, 2.45) is 0 Å². The number of imidazole rings is 1. The molecule has 3 aromatic carbocycles. The van der Waals surface area contributed by atoms with Crippen molar-refractivity contribution < 1.29 is 9.90 Å². The lowest BCUT2D eigenvalue weighted by Gasteiger charge is -2.11. The summed E-state index contributed by atoms with van der Waals surface area (Å²) in [6.45, 7) is 7.07. The van der Waals surface area contributed by atoms with Gasteiger partial charge in [-0.1, -0.05) is 88.9 Å². The van der Waals surface area contributed by atoms with E-state index in [-0.39, 0.29) is 5.43 Å². The number of carboxylic acid groups (broad SMARTS) is 1. The van der Waals surface area contributed by atoms with E-state index in [4.69, 9.17) is 4.98 Å². The molecule has 4 rings (SSSR count). The molecule has 0 fully saturated rings. The van der Waals surface area contributed by atoms with Crippen molar-refractivity contribution in [3.05, 3.63) is 99.0 Å². The summed E-state index contributed by atoms with van der Waals surface area (Å²) < 4.78 is 2.28. The number of nitrogens with zero attached hydrogens (tertiary/aromatic N) is 2. The average molecular weight is 511 g/mol. The van der Waals surface area contributed by atoms with Gasteiger partial charge in [0.05, 0.1) is 16.6 Å². The molecule has 1 heterocycles. The van der Waals surface area contributed by atoms with Crippen LogP contribution in [0.15, 0.2) is 65.5 Å². The van der Waals surface area contributed by atoms with Crippen molar-refractivity contribution >= 4 is 17.0 Å². The molecule has 0 atom stereocenters. The lowest BCUT2D eigenvalue weighted by molar-refractivity contribution is 0.0697. The monoisotopic (exact) mass is 510 g/mol. The zero-order valence-corrected chi connectivity index (χ0v) is 22.8. The highest BCUT2D eigenvalue weighted by molar-refractivity contribution is 5.96. The summed E-state index contributed by atoms with van der Waals surface area (Å²) in [5.74, 6) is 0.125. The molecule has 5 heteroatoms. The Bertz CT molecular complexity index is 1470. The number of carboxylic acids is 1. The van der Waals surface area contributed by atoms with E-state index in [9.17, 15) is 14.7 Å². The Morgan fingerprint density at radius 1 is 0.842 bits per heavy atom. The second-order valence-electron chi connectivity index (χ2n) is 10.1. The third-order valence-electron chi connectivity index (χ3n) is 7.13. The fourth-order valence-electron chi connectivity index (χ4n) is 5.16. The molecule has 0 aliphatic carbocycles. The van der Waals surface area contributed by atoms with Crippen molar-refractivity contribution in [2.45, 2.75) is 78.7 Å². The first kappa shape index (κ1) is 27.3. The summed E-state index contributed by atoms with van der Waals surface area (Å²) in [6.07, 6.45) is 7.64. The fourth-order valence-corrected chi connectivity index (χ4v) is 5.16.